The Bertz CT molecular complexity index is 738. The highest BCUT2D eigenvalue weighted by Gasteiger charge is 2.16. The van der Waals surface area contributed by atoms with E-state index in [1.807, 2.05) is 26.8 Å². The Morgan fingerprint density at radius 1 is 1.45 bits per heavy atom. The van der Waals surface area contributed by atoms with Gasteiger partial charge < -0.3 is 0 Å². The summed E-state index contributed by atoms with van der Waals surface area (Å²) in [5, 5.41) is 16.3. The van der Waals surface area contributed by atoms with Crippen LogP contribution in [0, 0.1) is 25.2 Å². The SMILES string of the molecule is Cc1cc(Sc2n[nH]c(=O)n2C(C)C)c(C#N)c(C)n1. The molecule has 0 spiro atoms. The molecule has 0 amide bonds. The van der Waals surface area contributed by atoms with Crippen molar-refractivity contribution in [2.45, 2.75) is 43.8 Å². The summed E-state index contributed by atoms with van der Waals surface area (Å²) in [6.07, 6.45) is 0. The third-order valence-corrected chi connectivity index (χ3v) is 3.81. The Hall–Kier alpha value is -2.07. The van der Waals surface area contributed by atoms with Crippen LogP contribution in [0.2, 0.25) is 0 Å². The van der Waals surface area contributed by atoms with Crippen molar-refractivity contribution < 1.29 is 0 Å². The maximum atomic E-state index is 11.7. The zero-order chi connectivity index (χ0) is 14.9. The van der Waals surface area contributed by atoms with E-state index in [0.717, 1.165) is 10.6 Å². The smallest absolute Gasteiger partial charge is 0.267 e. The molecule has 104 valence electrons. The van der Waals surface area contributed by atoms with Gasteiger partial charge in [0.05, 0.1) is 11.3 Å². The predicted octanol–water partition coefficient (Wildman–Crippen LogP) is 2.19. The van der Waals surface area contributed by atoms with Crippen molar-refractivity contribution in [2.75, 3.05) is 0 Å². The molecular weight excluding hydrogens is 274 g/mol. The van der Waals surface area contributed by atoms with Crippen molar-refractivity contribution in [3.8, 4) is 6.07 Å². The van der Waals surface area contributed by atoms with Gasteiger partial charge in [0.15, 0.2) is 5.16 Å². The van der Waals surface area contributed by atoms with Gasteiger partial charge in [-0.3, -0.25) is 9.55 Å². The number of nitrogens with zero attached hydrogens (tertiary/aromatic N) is 4. The van der Waals surface area contributed by atoms with Gasteiger partial charge in [-0.25, -0.2) is 9.89 Å². The second-order valence-electron chi connectivity index (χ2n) is 4.71. The summed E-state index contributed by atoms with van der Waals surface area (Å²) < 4.78 is 1.57. The van der Waals surface area contributed by atoms with Crippen molar-refractivity contribution >= 4 is 11.8 Å². The highest BCUT2D eigenvalue weighted by Crippen LogP contribution is 2.30. The second-order valence-corrected chi connectivity index (χ2v) is 5.72. The van der Waals surface area contributed by atoms with E-state index < -0.39 is 0 Å². The second kappa shape index (κ2) is 5.51. The fraction of sp³-hybridized carbons (Fsp3) is 0.385. The van der Waals surface area contributed by atoms with Gasteiger partial charge in [0, 0.05) is 16.6 Å². The van der Waals surface area contributed by atoms with Gasteiger partial charge in [-0.05, 0) is 45.5 Å². The lowest BCUT2D eigenvalue weighted by Crippen LogP contribution is -2.19. The third kappa shape index (κ3) is 2.60. The zero-order valence-electron chi connectivity index (χ0n) is 11.8. The summed E-state index contributed by atoms with van der Waals surface area (Å²) in [5.74, 6) is 0. The first kappa shape index (κ1) is 14.3. The summed E-state index contributed by atoms with van der Waals surface area (Å²) in [4.78, 5) is 16.8. The normalized spacial score (nSPS) is 10.8. The molecule has 2 heterocycles. The molecule has 0 saturated carbocycles. The van der Waals surface area contributed by atoms with Crippen molar-refractivity contribution in [3.63, 3.8) is 0 Å². The molecule has 0 fully saturated rings. The first-order valence-corrected chi connectivity index (χ1v) is 6.98. The lowest BCUT2D eigenvalue weighted by Gasteiger charge is -2.10. The Kier molecular flexibility index (Phi) is 3.95. The minimum absolute atomic E-state index is 0.00156. The van der Waals surface area contributed by atoms with Crippen LogP contribution in [0.5, 0.6) is 0 Å². The van der Waals surface area contributed by atoms with E-state index in [1.54, 1.807) is 11.5 Å². The fourth-order valence-electron chi connectivity index (χ4n) is 1.93. The molecule has 0 aromatic carbocycles. The summed E-state index contributed by atoms with van der Waals surface area (Å²) in [5.41, 5.74) is 1.79. The van der Waals surface area contributed by atoms with E-state index in [0.29, 0.717) is 16.4 Å². The van der Waals surface area contributed by atoms with Crippen LogP contribution in [0.15, 0.2) is 20.9 Å². The van der Waals surface area contributed by atoms with Gasteiger partial charge in [0.1, 0.15) is 6.07 Å². The van der Waals surface area contributed by atoms with Gasteiger partial charge in [0.2, 0.25) is 0 Å². The number of nitrogens with one attached hydrogen (secondary N) is 1. The third-order valence-electron chi connectivity index (χ3n) is 2.79. The quantitative estimate of drug-likeness (QED) is 0.935. The molecule has 0 aliphatic carbocycles. The number of pyridine rings is 1. The first-order chi connectivity index (χ1) is 9.43. The minimum atomic E-state index is -0.247. The van der Waals surface area contributed by atoms with Crippen LogP contribution in [0.3, 0.4) is 0 Å². The van der Waals surface area contributed by atoms with Gasteiger partial charge in [-0.2, -0.15) is 5.26 Å². The van der Waals surface area contributed by atoms with E-state index in [1.165, 1.54) is 11.8 Å². The zero-order valence-corrected chi connectivity index (χ0v) is 12.6. The van der Waals surface area contributed by atoms with Crippen molar-refractivity contribution in [1.29, 1.82) is 5.26 Å². The number of H-pyrrole nitrogens is 1. The van der Waals surface area contributed by atoms with E-state index in [4.69, 9.17) is 0 Å². The van der Waals surface area contributed by atoms with Crippen LogP contribution in [0.25, 0.3) is 0 Å². The van der Waals surface area contributed by atoms with Gasteiger partial charge in [-0.15, -0.1) is 5.10 Å². The molecule has 2 rings (SSSR count). The van der Waals surface area contributed by atoms with Crippen molar-refractivity contribution in [3.05, 3.63) is 33.5 Å². The summed E-state index contributed by atoms with van der Waals surface area (Å²) in [7, 11) is 0. The number of aryl methyl sites for hydroxylation is 2. The maximum Gasteiger partial charge on any atom is 0.344 e. The molecule has 0 unspecified atom stereocenters. The predicted molar refractivity (Wildman–Crippen MR) is 75.8 cm³/mol. The molecule has 0 saturated heterocycles. The molecule has 0 radical (unpaired) electrons. The fourth-order valence-corrected chi connectivity index (χ4v) is 3.13. The highest BCUT2D eigenvalue weighted by atomic mass is 32.2. The molecule has 2 aromatic heterocycles. The monoisotopic (exact) mass is 289 g/mol. The van der Waals surface area contributed by atoms with E-state index in [9.17, 15) is 10.1 Å². The van der Waals surface area contributed by atoms with Crippen LogP contribution in [-0.2, 0) is 0 Å². The standard InChI is InChI=1S/C13H15N5OS/c1-7(2)18-12(19)16-17-13(18)20-11-5-8(3)15-9(4)10(11)6-14/h5,7H,1-4H3,(H,16,19). The molecule has 0 aliphatic rings. The van der Waals surface area contributed by atoms with Crippen LogP contribution in [0.4, 0.5) is 0 Å². The molecule has 1 N–H and O–H groups in total. The number of hydrogen-bond acceptors (Lipinski definition) is 5. The van der Waals surface area contributed by atoms with E-state index in [-0.39, 0.29) is 11.7 Å². The number of aromatic amines is 1. The largest absolute Gasteiger partial charge is 0.344 e. The molecule has 2 aromatic rings. The number of nitriles is 1. The van der Waals surface area contributed by atoms with E-state index >= 15 is 0 Å². The first-order valence-electron chi connectivity index (χ1n) is 6.17. The molecule has 20 heavy (non-hydrogen) atoms. The van der Waals surface area contributed by atoms with Crippen LogP contribution in [0.1, 0.15) is 36.8 Å². The van der Waals surface area contributed by atoms with Crippen molar-refractivity contribution in [1.82, 2.24) is 19.7 Å². The van der Waals surface area contributed by atoms with Gasteiger partial charge in [0.25, 0.3) is 0 Å². The lowest BCUT2D eigenvalue weighted by atomic mass is 10.2. The average molecular weight is 289 g/mol. The number of hydrogen-bond donors (Lipinski definition) is 1. The maximum absolute atomic E-state index is 11.7. The number of rotatable bonds is 3. The van der Waals surface area contributed by atoms with Gasteiger partial charge in [-0.1, -0.05) is 0 Å². The number of aromatic nitrogens is 4. The van der Waals surface area contributed by atoms with Crippen LogP contribution in [-0.4, -0.2) is 19.7 Å². The van der Waals surface area contributed by atoms with Crippen LogP contribution < -0.4 is 5.69 Å². The van der Waals surface area contributed by atoms with Gasteiger partial charge >= 0.3 is 5.69 Å². The van der Waals surface area contributed by atoms with E-state index in [2.05, 4.69) is 21.3 Å². The Labute approximate surface area is 120 Å². The van der Waals surface area contributed by atoms with Crippen molar-refractivity contribution in [2.24, 2.45) is 0 Å². The molecule has 0 atom stereocenters. The summed E-state index contributed by atoms with van der Waals surface area (Å²) in [6, 6.07) is 3.99. The Morgan fingerprint density at radius 2 is 2.15 bits per heavy atom. The Morgan fingerprint density at radius 3 is 2.75 bits per heavy atom. The molecule has 6 nitrogen and oxygen atoms in total. The molecule has 0 bridgehead atoms. The minimum Gasteiger partial charge on any atom is -0.267 e. The Balaban J connectivity index is 2.51. The molecule has 7 heteroatoms. The molecule has 0 aliphatic heterocycles. The lowest BCUT2D eigenvalue weighted by molar-refractivity contribution is 0.534. The highest BCUT2D eigenvalue weighted by molar-refractivity contribution is 7.99. The molecular formula is C13H15N5OS. The summed E-state index contributed by atoms with van der Waals surface area (Å²) >= 11 is 1.30. The summed E-state index contributed by atoms with van der Waals surface area (Å²) in [6.45, 7) is 7.50. The van der Waals surface area contributed by atoms with Crippen LogP contribution >= 0.6 is 11.8 Å². The topological polar surface area (TPSA) is 87.4 Å². The average Bonchev–Trinajstić information content (AvgIpc) is 2.70.